The van der Waals surface area contributed by atoms with E-state index in [1.807, 2.05) is 10.3 Å². The largest absolute Gasteiger partial charge is 0.391 e. The first-order valence-corrected chi connectivity index (χ1v) is 6.08. The summed E-state index contributed by atoms with van der Waals surface area (Å²) < 4.78 is 4.48. The van der Waals surface area contributed by atoms with E-state index < -0.39 is 11.9 Å². The molecule has 4 nitrogen and oxygen atoms in total. The molecule has 1 aliphatic heterocycles. The number of morpholine rings is 1. The van der Waals surface area contributed by atoms with Gasteiger partial charge in [-0.25, -0.2) is 0 Å². The van der Waals surface area contributed by atoms with Crippen LogP contribution in [0.25, 0.3) is 0 Å². The second-order valence-corrected chi connectivity index (χ2v) is 4.71. The molecule has 0 amide bonds. The first-order valence-electron chi connectivity index (χ1n) is 5.20. The fraction of sp³-hybridized carbons (Fsp3) is 0.455. The molecule has 16 heavy (non-hydrogen) atoms. The minimum Gasteiger partial charge on any atom is -0.391 e. The SMILES string of the molecule is CCc1ccsc1CN1CC(=O)OC(=O)C1. The van der Waals surface area contributed by atoms with Crippen LogP contribution in [0.2, 0.25) is 0 Å². The van der Waals surface area contributed by atoms with E-state index in [1.165, 1.54) is 10.4 Å². The maximum atomic E-state index is 11.1. The number of hydrogen-bond acceptors (Lipinski definition) is 5. The number of rotatable bonds is 3. The topological polar surface area (TPSA) is 46.6 Å². The summed E-state index contributed by atoms with van der Waals surface area (Å²) in [5.41, 5.74) is 1.29. The molecule has 0 radical (unpaired) electrons. The molecule has 1 aromatic rings. The smallest absolute Gasteiger partial charge is 0.327 e. The Bertz CT molecular complexity index is 397. The minimum atomic E-state index is -0.453. The number of cyclic esters (lactones) is 2. The van der Waals surface area contributed by atoms with Gasteiger partial charge in [0.15, 0.2) is 0 Å². The summed E-state index contributed by atoms with van der Waals surface area (Å²) in [6.45, 7) is 3.16. The Kier molecular flexibility index (Phi) is 3.36. The van der Waals surface area contributed by atoms with Crippen molar-refractivity contribution in [3.63, 3.8) is 0 Å². The van der Waals surface area contributed by atoms with Crippen molar-refractivity contribution in [2.75, 3.05) is 13.1 Å². The number of ether oxygens (including phenoxy) is 1. The van der Waals surface area contributed by atoms with Crippen molar-refractivity contribution < 1.29 is 14.3 Å². The highest BCUT2D eigenvalue weighted by Crippen LogP contribution is 2.20. The quantitative estimate of drug-likeness (QED) is 0.587. The molecular formula is C11H13NO3S. The van der Waals surface area contributed by atoms with Crippen molar-refractivity contribution in [2.24, 2.45) is 0 Å². The molecule has 86 valence electrons. The zero-order valence-electron chi connectivity index (χ0n) is 9.06. The number of nitrogens with zero attached hydrogens (tertiary/aromatic N) is 1. The van der Waals surface area contributed by atoms with Gasteiger partial charge in [-0.15, -0.1) is 11.3 Å². The summed E-state index contributed by atoms with van der Waals surface area (Å²) in [6, 6.07) is 2.09. The van der Waals surface area contributed by atoms with E-state index in [1.54, 1.807) is 11.3 Å². The molecule has 2 heterocycles. The molecule has 1 fully saturated rings. The van der Waals surface area contributed by atoms with Crippen LogP contribution in [0.4, 0.5) is 0 Å². The van der Waals surface area contributed by atoms with Crippen LogP contribution in [0.5, 0.6) is 0 Å². The minimum absolute atomic E-state index is 0.201. The van der Waals surface area contributed by atoms with Crippen LogP contribution in [-0.2, 0) is 27.3 Å². The van der Waals surface area contributed by atoms with Crippen molar-refractivity contribution in [3.05, 3.63) is 21.9 Å². The maximum Gasteiger partial charge on any atom is 0.327 e. The molecule has 5 heteroatoms. The number of aryl methyl sites for hydroxylation is 1. The molecular weight excluding hydrogens is 226 g/mol. The van der Waals surface area contributed by atoms with Gasteiger partial charge < -0.3 is 4.74 Å². The molecule has 0 N–H and O–H groups in total. The van der Waals surface area contributed by atoms with Gasteiger partial charge in [0.1, 0.15) is 0 Å². The molecule has 1 aliphatic rings. The van der Waals surface area contributed by atoms with Gasteiger partial charge in [-0.05, 0) is 23.4 Å². The number of carbonyl (C=O) groups excluding carboxylic acids is 2. The summed E-state index contributed by atoms with van der Waals surface area (Å²) in [6.07, 6.45) is 0.977. The summed E-state index contributed by atoms with van der Waals surface area (Å²) in [5.74, 6) is -0.906. The molecule has 0 saturated carbocycles. The van der Waals surface area contributed by atoms with Crippen LogP contribution in [0.1, 0.15) is 17.4 Å². The van der Waals surface area contributed by atoms with Gasteiger partial charge in [0.2, 0.25) is 0 Å². The number of carbonyl (C=O) groups is 2. The molecule has 0 unspecified atom stereocenters. The summed E-state index contributed by atoms with van der Waals surface area (Å²) in [7, 11) is 0. The number of thiophene rings is 1. The van der Waals surface area contributed by atoms with Crippen molar-refractivity contribution in [2.45, 2.75) is 19.9 Å². The zero-order valence-corrected chi connectivity index (χ0v) is 9.88. The maximum absolute atomic E-state index is 11.1. The molecule has 0 spiro atoms. The normalized spacial score (nSPS) is 17.6. The Morgan fingerprint density at radius 2 is 2.06 bits per heavy atom. The molecule has 1 aromatic heterocycles. The van der Waals surface area contributed by atoms with Gasteiger partial charge in [0.05, 0.1) is 13.1 Å². The lowest BCUT2D eigenvalue weighted by atomic mass is 10.2. The lowest BCUT2D eigenvalue weighted by molar-refractivity contribution is -0.167. The fourth-order valence-electron chi connectivity index (χ4n) is 1.75. The van der Waals surface area contributed by atoms with Crippen molar-refractivity contribution >= 4 is 23.3 Å². The standard InChI is InChI=1S/C11H13NO3S/c1-2-8-3-4-16-9(8)5-12-6-10(13)15-11(14)7-12/h3-4H,2,5-7H2,1H3. The lowest BCUT2D eigenvalue weighted by Gasteiger charge is -2.23. The van der Waals surface area contributed by atoms with Crippen LogP contribution < -0.4 is 0 Å². The molecule has 0 bridgehead atoms. The highest BCUT2D eigenvalue weighted by atomic mass is 32.1. The van der Waals surface area contributed by atoms with Gasteiger partial charge in [0.25, 0.3) is 0 Å². The van der Waals surface area contributed by atoms with E-state index in [4.69, 9.17) is 0 Å². The number of esters is 2. The third kappa shape index (κ3) is 2.48. The Labute approximate surface area is 97.8 Å². The predicted octanol–water partition coefficient (Wildman–Crippen LogP) is 1.20. The molecule has 0 atom stereocenters. The second-order valence-electron chi connectivity index (χ2n) is 3.71. The van der Waals surface area contributed by atoms with Gasteiger partial charge in [-0.2, -0.15) is 0 Å². The van der Waals surface area contributed by atoms with Gasteiger partial charge in [0, 0.05) is 11.4 Å². The monoisotopic (exact) mass is 239 g/mol. The Morgan fingerprint density at radius 3 is 2.69 bits per heavy atom. The molecule has 2 rings (SSSR count). The van der Waals surface area contributed by atoms with Crippen LogP contribution in [-0.4, -0.2) is 29.9 Å². The highest BCUT2D eigenvalue weighted by Gasteiger charge is 2.25. The van der Waals surface area contributed by atoms with Crippen molar-refractivity contribution in [1.82, 2.24) is 4.90 Å². The summed E-state index contributed by atoms with van der Waals surface area (Å²) in [4.78, 5) is 25.2. The van der Waals surface area contributed by atoms with Crippen LogP contribution in [0, 0.1) is 0 Å². The Hall–Kier alpha value is -1.20. The lowest BCUT2D eigenvalue weighted by Crippen LogP contribution is -2.42. The Balaban J connectivity index is 2.04. The van der Waals surface area contributed by atoms with Crippen LogP contribution >= 0.6 is 11.3 Å². The van der Waals surface area contributed by atoms with E-state index in [2.05, 4.69) is 17.7 Å². The average molecular weight is 239 g/mol. The van der Waals surface area contributed by atoms with E-state index >= 15 is 0 Å². The first kappa shape index (κ1) is 11.3. The third-order valence-electron chi connectivity index (χ3n) is 2.52. The van der Waals surface area contributed by atoms with Crippen molar-refractivity contribution in [1.29, 1.82) is 0 Å². The van der Waals surface area contributed by atoms with E-state index in [0.29, 0.717) is 6.54 Å². The highest BCUT2D eigenvalue weighted by molar-refractivity contribution is 7.10. The van der Waals surface area contributed by atoms with Crippen LogP contribution in [0.15, 0.2) is 11.4 Å². The Morgan fingerprint density at radius 1 is 1.38 bits per heavy atom. The van der Waals surface area contributed by atoms with Gasteiger partial charge >= 0.3 is 11.9 Å². The van der Waals surface area contributed by atoms with E-state index in [0.717, 1.165) is 6.42 Å². The van der Waals surface area contributed by atoms with Crippen molar-refractivity contribution in [3.8, 4) is 0 Å². The van der Waals surface area contributed by atoms with Gasteiger partial charge in [-0.3, -0.25) is 14.5 Å². The predicted molar refractivity (Wildman–Crippen MR) is 60.1 cm³/mol. The summed E-state index contributed by atoms with van der Waals surface area (Å²) >= 11 is 1.67. The zero-order chi connectivity index (χ0) is 11.5. The fourth-order valence-corrected chi connectivity index (χ4v) is 2.77. The molecule has 1 saturated heterocycles. The molecule has 0 aromatic carbocycles. The first-order chi connectivity index (χ1) is 7.69. The summed E-state index contributed by atoms with van der Waals surface area (Å²) in [5, 5.41) is 2.04. The number of hydrogen-bond donors (Lipinski definition) is 0. The second kappa shape index (κ2) is 4.76. The third-order valence-corrected chi connectivity index (χ3v) is 3.47. The van der Waals surface area contributed by atoms with E-state index in [9.17, 15) is 9.59 Å². The van der Waals surface area contributed by atoms with Crippen LogP contribution in [0.3, 0.4) is 0 Å². The van der Waals surface area contributed by atoms with Gasteiger partial charge in [-0.1, -0.05) is 6.92 Å². The van der Waals surface area contributed by atoms with E-state index in [-0.39, 0.29) is 13.1 Å². The molecule has 0 aliphatic carbocycles. The average Bonchev–Trinajstić information content (AvgIpc) is 2.63.